The van der Waals surface area contributed by atoms with E-state index < -0.39 is 6.03 Å². The van der Waals surface area contributed by atoms with Crippen LogP contribution in [-0.2, 0) is 16.0 Å². The fourth-order valence-electron chi connectivity index (χ4n) is 2.84. The molecule has 1 rings (SSSR count). The van der Waals surface area contributed by atoms with Crippen LogP contribution in [0.15, 0.2) is 48.6 Å². The molecule has 0 saturated heterocycles. The summed E-state index contributed by atoms with van der Waals surface area (Å²) in [6, 6.07) is 6.80. The fraction of sp³-hybridized carbons (Fsp3) is 0.400. The van der Waals surface area contributed by atoms with E-state index in [1.807, 2.05) is 51.1 Å². The average molecular weight is 344 g/mol. The van der Waals surface area contributed by atoms with Gasteiger partial charge >= 0.3 is 12.0 Å². The zero-order chi connectivity index (χ0) is 19.0. The minimum Gasteiger partial charge on any atom is -0.463 e. The van der Waals surface area contributed by atoms with Gasteiger partial charge in [-0.2, -0.15) is 0 Å². The highest BCUT2D eigenvalue weighted by molar-refractivity contribution is 5.93. The third-order valence-corrected chi connectivity index (χ3v) is 4.05. The van der Waals surface area contributed by atoms with Crippen molar-refractivity contribution in [3.8, 4) is 0 Å². The lowest BCUT2D eigenvalue weighted by Crippen LogP contribution is -2.45. The minimum atomic E-state index is -0.527. The number of para-hydroxylation sites is 1. The molecule has 5 nitrogen and oxygen atoms in total. The summed E-state index contributed by atoms with van der Waals surface area (Å²) < 4.78 is 5.22. The Bertz CT molecular complexity index is 652. The zero-order valence-electron chi connectivity index (χ0n) is 15.5. The van der Waals surface area contributed by atoms with Gasteiger partial charge in [-0.05, 0) is 38.8 Å². The molecule has 0 heterocycles. The van der Waals surface area contributed by atoms with Gasteiger partial charge in [-0.25, -0.2) is 4.79 Å². The van der Waals surface area contributed by atoms with Gasteiger partial charge in [0.25, 0.3) is 0 Å². The van der Waals surface area contributed by atoms with Crippen LogP contribution in [0.3, 0.4) is 0 Å². The van der Waals surface area contributed by atoms with Crippen LogP contribution in [0.25, 0.3) is 0 Å². The van der Waals surface area contributed by atoms with Crippen molar-refractivity contribution < 1.29 is 14.3 Å². The maximum absolute atomic E-state index is 12.3. The van der Waals surface area contributed by atoms with Gasteiger partial charge in [0.2, 0.25) is 0 Å². The van der Waals surface area contributed by atoms with E-state index in [2.05, 4.69) is 6.58 Å². The molecule has 0 radical (unpaired) electrons. The van der Waals surface area contributed by atoms with Crippen LogP contribution in [0.5, 0.6) is 0 Å². The molecule has 0 aliphatic carbocycles. The second kappa shape index (κ2) is 9.67. The van der Waals surface area contributed by atoms with Gasteiger partial charge in [0.05, 0.1) is 6.04 Å². The number of anilines is 1. The third kappa shape index (κ3) is 5.78. The number of esters is 1. The summed E-state index contributed by atoms with van der Waals surface area (Å²) in [5.41, 5.74) is 8.36. The number of carbonyl (C=O) groups is 2. The highest BCUT2D eigenvalue weighted by atomic mass is 16.5. The first kappa shape index (κ1) is 20.5. The predicted octanol–water partition coefficient (Wildman–Crippen LogP) is 3.98. The number of nitrogens with zero attached hydrogens (tertiary/aromatic N) is 1. The molecule has 5 heteroatoms. The summed E-state index contributed by atoms with van der Waals surface area (Å²) in [4.78, 5) is 25.0. The maximum Gasteiger partial charge on any atom is 0.319 e. The molecule has 136 valence electrons. The number of urea groups is 1. The van der Waals surface area contributed by atoms with Gasteiger partial charge in [0.1, 0.15) is 6.10 Å². The second-order valence-electron chi connectivity index (χ2n) is 6.03. The van der Waals surface area contributed by atoms with Crippen molar-refractivity contribution in [1.82, 2.24) is 0 Å². The van der Waals surface area contributed by atoms with E-state index in [0.29, 0.717) is 12.8 Å². The minimum absolute atomic E-state index is 0.204. The number of hydrogen-bond donors (Lipinski definition) is 1. The Kier molecular flexibility index (Phi) is 7.92. The number of allylic oxidation sites excluding steroid dienone is 1. The maximum atomic E-state index is 12.3. The van der Waals surface area contributed by atoms with Crippen LogP contribution in [-0.4, -0.2) is 24.1 Å². The molecule has 2 atom stereocenters. The second-order valence-corrected chi connectivity index (χ2v) is 6.03. The fourth-order valence-corrected chi connectivity index (χ4v) is 2.84. The van der Waals surface area contributed by atoms with E-state index in [1.165, 1.54) is 6.92 Å². The summed E-state index contributed by atoms with van der Waals surface area (Å²) in [5.74, 6) is -0.328. The van der Waals surface area contributed by atoms with Crippen molar-refractivity contribution in [2.75, 3.05) is 4.90 Å². The molecule has 0 saturated carbocycles. The molecule has 25 heavy (non-hydrogen) atoms. The van der Waals surface area contributed by atoms with Gasteiger partial charge in [-0.3, -0.25) is 9.69 Å². The topological polar surface area (TPSA) is 72.6 Å². The first-order chi connectivity index (χ1) is 11.8. The molecular formula is C20H28N2O3. The standard InChI is InChI=1S/C20H28N2O3/c1-6-10-18(14(3)7-2)22(20(21)24)19-12-9-8-11-17(19)13-15(4)25-16(5)23/h6-9,11-12,15,18H,1,10,13H2,2-5H3,(H2,21,24)/b14-7-/t15-,18?/m1/s1. The Morgan fingerprint density at radius 3 is 2.48 bits per heavy atom. The lowest BCUT2D eigenvalue weighted by Gasteiger charge is -2.32. The van der Waals surface area contributed by atoms with Gasteiger partial charge in [0.15, 0.2) is 0 Å². The number of rotatable bonds is 8. The number of ether oxygens (including phenoxy) is 1. The molecule has 0 fully saturated rings. The van der Waals surface area contributed by atoms with Crippen molar-refractivity contribution >= 4 is 17.7 Å². The van der Waals surface area contributed by atoms with Gasteiger partial charge < -0.3 is 10.5 Å². The van der Waals surface area contributed by atoms with E-state index in [0.717, 1.165) is 16.8 Å². The molecule has 0 bridgehead atoms. The van der Waals surface area contributed by atoms with Crippen LogP contribution < -0.4 is 10.6 Å². The first-order valence-corrected chi connectivity index (χ1v) is 8.39. The van der Waals surface area contributed by atoms with Crippen LogP contribution >= 0.6 is 0 Å². The van der Waals surface area contributed by atoms with E-state index in [4.69, 9.17) is 10.5 Å². The number of hydrogen-bond acceptors (Lipinski definition) is 3. The summed E-state index contributed by atoms with van der Waals surface area (Å²) in [5, 5.41) is 0. The molecular weight excluding hydrogens is 316 g/mol. The molecule has 1 aromatic rings. The monoisotopic (exact) mass is 344 g/mol. The Morgan fingerprint density at radius 2 is 1.96 bits per heavy atom. The van der Waals surface area contributed by atoms with E-state index in [9.17, 15) is 9.59 Å². The number of nitrogens with two attached hydrogens (primary N) is 1. The number of benzene rings is 1. The summed E-state index contributed by atoms with van der Waals surface area (Å²) in [7, 11) is 0. The van der Waals surface area contributed by atoms with Gasteiger partial charge in [-0.15, -0.1) is 6.58 Å². The van der Waals surface area contributed by atoms with Crippen LogP contribution in [0, 0.1) is 0 Å². The van der Waals surface area contributed by atoms with Crippen molar-refractivity contribution in [3.05, 3.63) is 54.1 Å². The van der Waals surface area contributed by atoms with E-state index in [-0.39, 0.29) is 18.1 Å². The van der Waals surface area contributed by atoms with E-state index >= 15 is 0 Å². The SMILES string of the molecule is C=CCC(/C(C)=C\C)N(C(N)=O)c1ccccc1C[C@@H](C)OC(C)=O. The largest absolute Gasteiger partial charge is 0.463 e. The number of primary amides is 1. The molecule has 2 N–H and O–H groups in total. The smallest absolute Gasteiger partial charge is 0.319 e. The molecule has 2 amide bonds. The first-order valence-electron chi connectivity index (χ1n) is 8.39. The van der Waals surface area contributed by atoms with Crippen LogP contribution in [0.2, 0.25) is 0 Å². The predicted molar refractivity (Wildman–Crippen MR) is 101 cm³/mol. The molecule has 0 aliphatic heterocycles. The highest BCUT2D eigenvalue weighted by Gasteiger charge is 2.26. The Balaban J connectivity index is 3.30. The molecule has 1 aromatic carbocycles. The van der Waals surface area contributed by atoms with Crippen LogP contribution in [0.1, 0.15) is 39.7 Å². The molecule has 0 aliphatic rings. The summed E-state index contributed by atoms with van der Waals surface area (Å²) in [6.07, 6.45) is 4.53. The highest BCUT2D eigenvalue weighted by Crippen LogP contribution is 2.28. The number of amides is 2. The lowest BCUT2D eigenvalue weighted by atomic mass is 9.99. The lowest BCUT2D eigenvalue weighted by molar-refractivity contribution is -0.145. The Labute approximate surface area is 150 Å². The molecule has 1 unspecified atom stereocenters. The molecule has 0 spiro atoms. The van der Waals surface area contributed by atoms with Crippen molar-refractivity contribution in [3.63, 3.8) is 0 Å². The van der Waals surface area contributed by atoms with Gasteiger partial charge in [-0.1, -0.05) is 35.9 Å². The summed E-state index contributed by atoms with van der Waals surface area (Å²) in [6.45, 7) is 10.9. The van der Waals surface area contributed by atoms with Crippen molar-refractivity contribution in [1.29, 1.82) is 0 Å². The normalized spacial score (nSPS) is 13.7. The zero-order valence-corrected chi connectivity index (χ0v) is 15.5. The Morgan fingerprint density at radius 1 is 1.32 bits per heavy atom. The molecule has 0 aromatic heterocycles. The van der Waals surface area contributed by atoms with Gasteiger partial charge in [0, 0.05) is 19.0 Å². The third-order valence-electron chi connectivity index (χ3n) is 4.05. The van der Waals surface area contributed by atoms with Crippen LogP contribution in [0.4, 0.5) is 10.5 Å². The number of carbonyl (C=O) groups excluding carboxylic acids is 2. The van der Waals surface area contributed by atoms with E-state index in [1.54, 1.807) is 11.0 Å². The van der Waals surface area contributed by atoms with Crippen molar-refractivity contribution in [2.24, 2.45) is 5.73 Å². The van der Waals surface area contributed by atoms with Crippen molar-refractivity contribution in [2.45, 2.75) is 52.7 Å². The summed E-state index contributed by atoms with van der Waals surface area (Å²) >= 11 is 0. The average Bonchev–Trinajstić information content (AvgIpc) is 2.54. The quantitative estimate of drug-likeness (QED) is 0.573. The Hall–Kier alpha value is -2.56.